The fourth-order valence-electron chi connectivity index (χ4n) is 1.55. The van der Waals surface area contributed by atoms with E-state index in [4.69, 9.17) is 22.7 Å². The first-order chi connectivity index (χ1) is 7.02. The Balaban J connectivity index is 2.41. The Hall–Kier alpha value is -0.680. The maximum absolute atomic E-state index is 11.8. The quantitative estimate of drug-likeness (QED) is 0.722. The van der Waals surface area contributed by atoms with Gasteiger partial charge in [-0.1, -0.05) is 12.2 Å². The highest BCUT2D eigenvalue weighted by molar-refractivity contribution is 7.80. The molecule has 0 aromatic rings. The summed E-state index contributed by atoms with van der Waals surface area (Å²) >= 11 is 4.85. The number of likely N-dealkylation sites (N-methyl/N-ethyl adjacent to an activating group) is 1. The molecule has 1 saturated heterocycles. The summed E-state index contributed by atoms with van der Waals surface area (Å²) in [5.74, 6) is 0.0437. The molecule has 0 spiro atoms. The van der Waals surface area contributed by atoms with Crippen LogP contribution >= 0.6 is 12.2 Å². The standard InChI is InChI=1S/C10H18N2O2S/c1-7(10(11)15)12(2)9(13)6-8-4-3-5-14-8/h7-8H,3-6H2,1-2H3,(H2,11,15). The van der Waals surface area contributed by atoms with E-state index in [1.165, 1.54) is 0 Å². The van der Waals surface area contributed by atoms with Crippen LogP contribution in [0, 0.1) is 0 Å². The summed E-state index contributed by atoms with van der Waals surface area (Å²) in [5, 5.41) is 0. The van der Waals surface area contributed by atoms with Crippen molar-refractivity contribution < 1.29 is 9.53 Å². The third-order valence-corrected chi connectivity index (χ3v) is 3.15. The number of hydrogen-bond acceptors (Lipinski definition) is 3. The number of carbonyl (C=O) groups excluding carboxylic acids is 1. The van der Waals surface area contributed by atoms with Gasteiger partial charge in [-0.25, -0.2) is 0 Å². The van der Waals surface area contributed by atoms with E-state index in [9.17, 15) is 4.79 Å². The van der Waals surface area contributed by atoms with Crippen molar-refractivity contribution in [1.29, 1.82) is 0 Å². The van der Waals surface area contributed by atoms with Crippen LogP contribution in [-0.4, -0.2) is 41.6 Å². The molecule has 1 aliphatic heterocycles. The second-order valence-corrected chi connectivity index (χ2v) is 4.39. The van der Waals surface area contributed by atoms with Crippen molar-refractivity contribution in [3.05, 3.63) is 0 Å². The van der Waals surface area contributed by atoms with E-state index in [0.29, 0.717) is 11.4 Å². The van der Waals surface area contributed by atoms with Crippen LogP contribution in [0.3, 0.4) is 0 Å². The molecule has 15 heavy (non-hydrogen) atoms. The molecule has 2 atom stereocenters. The fourth-order valence-corrected chi connectivity index (χ4v) is 1.71. The summed E-state index contributed by atoms with van der Waals surface area (Å²) in [5.41, 5.74) is 5.49. The lowest BCUT2D eigenvalue weighted by atomic mass is 10.1. The highest BCUT2D eigenvalue weighted by atomic mass is 32.1. The summed E-state index contributed by atoms with van der Waals surface area (Å²) in [7, 11) is 1.72. The Morgan fingerprint density at radius 1 is 1.73 bits per heavy atom. The molecule has 1 heterocycles. The van der Waals surface area contributed by atoms with Gasteiger partial charge in [0.2, 0.25) is 5.91 Å². The van der Waals surface area contributed by atoms with E-state index in [0.717, 1.165) is 19.4 Å². The largest absolute Gasteiger partial charge is 0.392 e. The van der Waals surface area contributed by atoms with Crippen molar-refractivity contribution in [2.45, 2.75) is 38.3 Å². The number of ether oxygens (including phenoxy) is 1. The molecule has 1 fully saturated rings. The Bertz CT molecular complexity index is 252. The minimum atomic E-state index is -0.186. The Labute approximate surface area is 95.8 Å². The summed E-state index contributed by atoms with van der Waals surface area (Å²) in [6.07, 6.45) is 2.54. The normalized spacial score (nSPS) is 22.4. The van der Waals surface area contributed by atoms with Crippen LogP contribution in [0.25, 0.3) is 0 Å². The zero-order chi connectivity index (χ0) is 11.4. The van der Waals surface area contributed by atoms with Crippen LogP contribution in [0.1, 0.15) is 26.2 Å². The van der Waals surface area contributed by atoms with Crippen LogP contribution < -0.4 is 5.73 Å². The van der Waals surface area contributed by atoms with Gasteiger partial charge in [-0.3, -0.25) is 4.79 Å². The van der Waals surface area contributed by atoms with E-state index in [1.54, 1.807) is 11.9 Å². The summed E-state index contributed by atoms with van der Waals surface area (Å²) in [4.78, 5) is 13.7. The second kappa shape index (κ2) is 5.42. The lowest BCUT2D eigenvalue weighted by Crippen LogP contribution is -2.43. The number of hydrogen-bond donors (Lipinski definition) is 1. The van der Waals surface area contributed by atoms with Crippen molar-refractivity contribution in [1.82, 2.24) is 4.90 Å². The number of rotatable bonds is 4. The molecular formula is C10H18N2O2S. The maximum atomic E-state index is 11.8. The predicted octanol–water partition coefficient (Wildman–Crippen LogP) is 0.688. The van der Waals surface area contributed by atoms with Gasteiger partial charge in [-0.2, -0.15) is 0 Å². The third-order valence-electron chi connectivity index (χ3n) is 2.81. The van der Waals surface area contributed by atoms with Crippen LogP contribution in [0.5, 0.6) is 0 Å². The minimum Gasteiger partial charge on any atom is -0.392 e. The summed E-state index contributed by atoms with van der Waals surface area (Å²) in [6, 6.07) is -0.186. The lowest BCUT2D eigenvalue weighted by Gasteiger charge is -2.25. The van der Waals surface area contributed by atoms with Crippen molar-refractivity contribution in [2.75, 3.05) is 13.7 Å². The summed E-state index contributed by atoms with van der Waals surface area (Å²) < 4.78 is 5.40. The molecule has 1 rings (SSSR count). The predicted molar refractivity (Wildman–Crippen MR) is 62.6 cm³/mol. The molecule has 0 bridgehead atoms. The van der Waals surface area contributed by atoms with Gasteiger partial charge >= 0.3 is 0 Å². The molecule has 2 unspecified atom stereocenters. The van der Waals surface area contributed by atoms with Crippen LogP contribution in [0.15, 0.2) is 0 Å². The fraction of sp³-hybridized carbons (Fsp3) is 0.800. The van der Waals surface area contributed by atoms with Gasteiger partial charge in [0, 0.05) is 13.7 Å². The molecule has 0 aromatic heterocycles. The van der Waals surface area contributed by atoms with E-state index < -0.39 is 0 Å². The SMILES string of the molecule is CC(C(N)=S)N(C)C(=O)CC1CCCO1. The van der Waals surface area contributed by atoms with Crippen LogP contribution in [-0.2, 0) is 9.53 Å². The number of carbonyl (C=O) groups is 1. The number of thiocarbonyl (C=S) groups is 1. The Kier molecular flexibility index (Phi) is 4.47. The molecule has 5 heteroatoms. The third kappa shape index (κ3) is 3.43. The van der Waals surface area contributed by atoms with Crippen molar-refractivity contribution in [3.8, 4) is 0 Å². The molecular weight excluding hydrogens is 212 g/mol. The minimum absolute atomic E-state index is 0.0437. The first-order valence-electron chi connectivity index (χ1n) is 5.19. The first kappa shape index (κ1) is 12.4. The van der Waals surface area contributed by atoms with E-state index >= 15 is 0 Å². The Morgan fingerprint density at radius 3 is 2.87 bits per heavy atom. The van der Waals surface area contributed by atoms with Crippen molar-refractivity contribution in [2.24, 2.45) is 5.73 Å². The Morgan fingerprint density at radius 2 is 2.40 bits per heavy atom. The second-order valence-electron chi connectivity index (χ2n) is 3.92. The first-order valence-corrected chi connectivity index (χ1v) is 5.59. The summed E-state index contributed by atoms with van der Waals surface area (Å²) in [6.45, 7) is 2.60. The molecule has 0 saturated carbocycles. The van der Waals surface area contributed by atoms with E-state index in [2.05, 4.69) is 0 Å². The maximum Gasteiger partial charge on any atom is 0.225 e. The van der Waals surface area contributed by atoms with Crippen LogP contribution in [0.4, 0.5) is 0 Å². The molecule has 86 valence electrons. The zero-order valence-electron chi connectivity index (χ0n) is 9.23. The highest BCUT2D eigenvalue weighted by Gasteiger charge is 2.24. The monoisotopic (exact) mass is 230 g/mol. The van der Waals surface area contributed by atoms with E-state index in [1.807, 2.05) is 6.92 Å². The van der Waals surface area contributed by atoms with Crippen LogP contribution in [0.2, 0.25) is 0 Å². The average molecular weight is 230 g/mol. The van der Waals surface area contributed by atoms with E-state index in [-0.39, 0.29) is 18.1 Å². The topological polar surface area (TPSA) is 55.6 Å². The lowest BCUT2D eigenvalue weighted by molar-refractivity contribution is -0.132. The number of nitrogens with two attached hydrogens (primary N) is 1. The van der Waals surface area contributed by atoms with Gasteiger partial charge < -0.3 is 15.4 Å². The number of amides is 1. The molecule has 0 aromatic carbocycles. The molecule has 1 aliphatic rings. The molecule has 0 radical (unpaired) electrons. The van der Waals surface area contributed by atoms with Gasteiger partial charge in [0.25, 0.3) is 0 Å². The molecule has 4 nitrogen and oxygen atoms in total. The van der Waals surface area contributed by atoms with Gasteiger partial charge in [0.05, 0.1) is 23.6 Å². The zero-order valence-corrected chi connectivity index (χ0v) is 10.0. The van der Waals surface area contributed by atoms with Gasteiger partial charge in [0.15, 0.2) is 0 Å². The smallest absolute Gasteiger partial charge is 0.225 e. The molecule has 1 amide bonds. The van der Waals surface area contributed by atoms with Gasteiger partial charge in [-0.15, -0.1) is 0 Å². The highest BCUT2D eigenvalue weighted by Crippen LogP contribution is 2.16. The molecule has 2 N–H and O–H groups in total. The number of nitrogens with zero attached hydrogens (tertiary/aromatic N) is 1. The molecule has 0 aliphatic carbocycles. The van der Waals surface area contributed by atoms with Crippen molar-refractivity contribution >= 4 is 23.1 Å². The van der Waals surface area contributed by atoms with Gasteiger partial charge in [-0.05, 0) is 19.8 Å². The van der Waals surface area contributed by atoms with Gasteiger partial charge in [0.1, 0.15) is 0 Å². The average Bonchev–Trinajstić information content (AvgIpc) is 2.67. The van der Waals surface area contributed by atoms with Crippen molar-refractivity contribution in [3.63, 3.8) is 0 Å².